The van der Waals surface area contributed by atoms with Crippen LogP contribution in [0.3, 0.4) is 0 Å². The maximum absolute atomic E-state index is 14.7. The number of anilines is 2. The predicted octanol–water partition coefficient (Wildman–Crippen LogP) is 5.29. The van der Waals surface area contributed by atoms with Gasteiger partial charge in [0, 0.05) is 30.2 Å². The lowest BCUT2D eigenvalue weighted by Gasteiger charge is -2.15. The molecular weight excluding hydrogens is 537 g/mol. The van der Waals surface area contributed by atoms with Gasteiger partial charge >= 0.3 is 6.18 Å². The van der Waals surface area contributed by atoms with Crippen molar-refractivity contribution in [3.63, 3.8) is 0 Å². The molecule has 0 saturated heterocycles. The molecule has 1 aliphatic carbocycles. The van der Waals surface area contributed by atoms with E-state index in [0.29, 0.717) is 12.0 Å². The summed E-state index contributed by atoms with van der Waals surface area (Å²) >= 11 is 6.23. The van der Waals surface area contributed by atoms with Gasteiger partial charge in [0.15, 0.2) is 34.7 Å². The molecule has 3 aromatic rings. The second-order valence-corrected chi connectivity index (χ2v) is 8.19. The van der Waals surface area contributed by atoms with Crippen LogP contribution in [-0.2, 0) is 4.79 Å². The van der Waals surface area contributed by atoms with Crippen LogP contribution in [0.4, 0.5) is 39.3 Å². The minimum Gasteiger partial charge on any atom is -0.434 e. The van der Waals surface area contributed by atoms with E-state index in [1.165, 1.54) is 6.33 Å². The fraction of sp³-hybridized carbons (Fsp3) is 0.174. The van der Waals surface area contributed by atoms with E-state index in [2.05, 4.69) is 30.6 Å². The third-order valence-electron chi connectivity index (χ3n) is 4.96. The van der Waals surface area contributed by atoms with E-state index in [4.69, 9.17) is 22.1 Å². The van der Waals surface area contributed by atoms with Crippen molar-refractivity contribution in [3.05, 3.63) is 71.3 Å². The first-order valence-electron chi connectivity index (χ1n) is 10.8. The van der Waals surface area contributed by atoms with Gasteiger partial charge in [-0.1, -0.05) is 11.6 Å². The van der Waals surface area contributed by atoms with Gasteiger partial charge in [0.2, 0.25) is 5.88 Å². The summed E-state index contributed by atoms with van der Waals surface area (Å²) in [6.45, 7) is 0. The van der Waals surface area contributed by atoms with Gasteiger partial charge in [0.05, 0.1) is 5.57 Å². The average molecular weight is 554 g/mol. The normalized spacial score (nSPS) is 14.3. The number of ether oxygens (including phenoxy) is 1. The molecule has 4 rings (SSSR count). The van der Waals surface area contributed by atoms with Gasteiger partial charge < -0.3 is 21.1 Å². The van der Waals surface area contributed by atoms with Gasteiger partial charge in [-0.15, -0.1) is 0 Å². The van der Waals surface area contributed by atoms with Crippen molar-refractivity contribution in [1.82, 2.24) is 15.0 Å². The molecule has 0 aliphatic heterocycles. The van der Waals surface area contributed by atoms with Crippen LogP contribution in [0.1, 0.15) is 12.8 Å². The number of nitrogens with zero attached hydrogens (tertiary/aromatic N) is 4. The van der Waals surface area contributed by atoms with Gasteiger partial charge in [0.25, 0.3) is 5.91 Å². The highest BCUT2D eigenvalue weighted by Crippen LogP contribution is 2.35. The van der Waals surface area contributed by atoms with E-state index in [-0.39, 0.29) is 28.4 Å². The lowest BCUT2D eigenvalue weighted by atomic mass is 10.1. The number of nitrogens with two attached hydrogens (primary N) is 1. The summed E-state index contributed by atoms with van der Waals surface area (Å²) in [5.74, 6) is -4.59. The van der Waals surface area contributed by atoms with Gasteiger partial charge in [-0.05, 0) is 37.1 Å². The summed E-state index contributed by atoms with van der Waals surface area (Å²) in [4.78, 5) is 27.1. The Balaban J connectivity index is 1.53. The van der Waals surface area contributed by atoms with Crippen molar-refractivity contribution >= 4 is 40.5 Å². The van der Waals surface area contributed by atoms with Crippen LogP contribution in [0.5, 0.6) is 11.6 Å². The second kappa shape index (κ2) is 11.0. The SMILES string of the molecule is NC=C(C(=O)Nc1ccc(Oc2ncnc(NC3CC3)c2Cl)c(F)c1)C(=Nc1ncccc1F)C(F)(F)F. The van der Waals surface area contributed by atoms with Crippen LogP contribution in [0.15, 0.2) is 59.6 Å². The van der Waals surface area contributed by atoms with Crippen LogP contribution in [-0.4, -0.2) is 38.8 Å². The lowest BCUT2D eigenvalue weighted by molar-refractivity contribution is -0.113. The first-order valence-corrected chi connectivity index (χ1v) is 11.2. The summed E-state index contributed by atoms with van der Waals surface area (Å²) in [5, 5.41) is 5.19. The molecule has 4 N–H and O–H groups in total. The fourth-order valence-electron chi connectivity index (χ4n) is 3.01. The molecule has 0 unspecified atom stereocenters. The van der Waals surface area contributed by atoms with Gasteiger partial charge in [-0.25, -0.2) is 23.7 Å². The van der Waals surface area contributed by atoms with E-state index in [1.807, 2.05) is 0 Å². The largest absolute Gasteiger partial charge is 0.434 e. The molecule has 1 fully saturated rings. The van der Waals surface area contributed by atoms with E-state index < -0.39 is 40.8 Å². The molecule has 2 heterocycles. The van der Waals surface area contributed by atoms with Crippen molar-refractivity contribution in [2.75, 3.05) is 10.6 Å². The van der Waals surface area contributed by atoms with Crippen LogP contribution >= 0.6 is 11.6 Å². The molecule has 0 bridgehead atoms. The number of alkyl halides is 3. The van der Waals surface area contributed by atoms with E-state index in [1.54, 1.807) is 0 Å². The van der Waals surface area contributed by atoms with E-state index in [0.717, 1.165) is 49.4 Å². The maximum atomic E-state index is 14.7. The Morgan fingerprint density at radius 2 is 1.92 bits per heavy atom. The van der Waals surface area contributed by atoms with Gasteiger partial charge in [0.1, 0.15) is 11.3 Å². The molecule has 15 heteroatoms. The molecule has 1 aliphatic rings. The fourth-order valence-corrected chi connectivity index (χ4v) is 3.21. The Hall–Kier alpha value is -4.33. The number of pyridine rings is 1. The molecule has 1 aromatic carbocycles. The zero-order valence-corrected chi connectivity index (χ0v) is 19.8. The van der Waals surface area contributed by atoms with Crippen LogP contribution in [0.2, 0.25) is 5.02 Å². The molecule has 9 nitrogen and oxygen atoms in total. The first-order chi connectivity index (χ1) is 18.1. The number of benzene rings is 1. The van der Waals surface area contributed by atoms with Crippen molar-refractivity contribution in [2.45, 2.75) is 25.1 Å². The van der Waals surface area contributed by atoms with E-state index in [9.17, 15) is 26.7 Å². The summed E-state index contributed by atoms with van der Waals surface area (Å²) in [5.41, 5.74) is 2.09. The highest BCUT2D eigenvalue weighted by molar-refractivity contribution is 6.34. The molecule has 2 aromatic heterocycles. The highest BCUT2D eigenvalue weighted by atomic mass is 35.5. The Bertz CT molecular complexity index is 1430. The smallest absolute Gasteiger partial charge is 0.434 e. The summed E-state index contributed by atoms with van der Waals surface area (Å²) < 4.78 is 75.0. The van der Waals surface area contributed by atoms with Crippen LogP contribution in [0, 0.1) is 11.6 Å². The number of aliphatic imine (C=N–C) groups is 1. The molecule has 1 saturated carbocycles. The van der Waals surface area contributed by atoms with Crippen molar-refractivity contribution in [1.29, 1.82) is 0 Å². The molecule has 0 atom stereocenters. The summed E-state index contributed by atoms with van der Waals surface area (Å²) in [6, 6.07) is 5.28. The standard InChI is InChI=1S/C23H17ClF5N7O2/c24-17-20(34-11-3-4-11)32-10-33-22(17)38-16-6-5-12(8-15(16)26)35-21(37)13(9-30)18(23(27,28)29)36-19-14(25)2-1-7-31-19/h1-2,5-11H,3-4,30H2,(H,35,37)(H,32,33,34). The quantitative estimate of drug-likeness (QED) is 0.197. The van der Waals surface area contributed by atoms with Crippen molar-refractivity contribution in [2.24, 2.45) is 10.7 Å². The van der Waals surface area contributed by atoms with Crippen LogP contribution in [0.25, 0.3) is 0 Å². The number of hydrogen-bond donors (Lipinski definition) is 3. The number of nitrogens with one attached hydrogen (secondary N) is 2. The number of halogens is 6. The minimum atomic E-state index is -5.21. The number of hydrogen-bond acceptors (Lipinski definition) is 8. The molecule has 1 amide bonds. The first kappa shape index (κ1) is 26.7. The Labute approximate surface area is 216 Å². The second-order valence-electron chi connectivity index (χ2n) is 7.81. The summed E-state index contributed by atoms with van der Waals surface area (Å²) in [7, 11) is 0. The zero-order valence-electron chi connectivity index (χ0n) is 19.1. The van der Waals surface area contributed by atoms with Crippen LogP contribution < -0.4 is 21.1 Å². The lowest BCUT2D eigenvalue weighted by Crippen LogP contribution is -2.32. The highest BCUT2D eigenvalue weighted by Gasteiger charge is 2.41. The molecule has 0 spiro atoms. The molecule has 0 radical (unpaired) electrons. The number of carbonyl (C=O) groups is 1. The number of amides is 1. The van der Waals surface area contributed by atoms with Crippen molar-refractivity contribution < 1.29 is 31.5 Å². The van der Waals surface area contributed by atoms with E-state index >= 15 is 0 Å². The Kier molecular flexibility index (Phi) is 7.71. The maximum Gasteiger partial charge on any atom is 0.434 e. The number of aromatic nitrogens is 3. The third-order valence-corrected chi connectivity index (χ3v) is 5.30. The predicted molar refractivity (Wildman–Crippen MR) is 128 cm³/mol. The number of rotatable bonds is 8. The Morgan fingerprint density at radius 3 is 2.55 bits per heavy atom. The summed E-state index contributed by atoms with van der Waals surface area (Å²) in [6.07, 6.45) is -0.755. The monoisotopic (exact) mass is 553 g/mol. The molecular formula is C23H17ClF5N7O2. The van der Waals surface area contributed by atoms with Crippen molar-refractivity contribution in [3.8, 4) is 11.6 Å². The number of carbonyl (C=O) groups excluding carboxylic acids is 1. The third kappa shape index (κ3) is 6.32. The minimum absolute atomic E-state index is 0.0252. The molecule has 198 valence electrons. The molecule has 38 heavy (non-hydrogen) atoms. The average Bonchev–Trinajstić information content (AvgIpc) is 3.68. The van der Waals surface area contributed by atoms with Gasteiger partial charge in [-0.2, -0.15) is 18.2 Å². The van der Waals surface area contributed by atoms with Gasteiger partial charge in [-0.3, -0.25) is 4.79 Å². The Morgan fingerprint density at radius 1 is 1.16 bits per heavy atom. The topological polar surface area (TPSA) is 127 Å². The zero-order chi connectivity index (χ0) is 27.4.